The van der Waals surface area contributed by atoms with E-state index in [2.05, 4.69) is 5.32 Å². The standard InChI is InChI=1S/C25H25F3N2O5/c1-2-21(22(31)30-11-18(23(32)33)20(12-30)25(26,27)28)29-24(34)35-13-19-16-9-5-3-7-14(16)15-8-4-6-10-17(15)19/h3-10,18-21H,2,11-13H2,1H3,(H,29,34)(H,32,33)/t18?,20?,21-/m0/s1. The van der Waals surface area contributed by atoms with Crippen molar-refractivity contribution in [1.82, 2.24) is 10.2 Å². The lowest BCUT2D eigenvalue weighted by Gasteiger charge is -2.24. The molecule has 2 aliphatic rings. The molecule has 1 fully saturated rings. The van der Waals surface area contributed by atoms with Crippen LogP contribution in [-0.4, -0.2) is 59.9 Å². The van der Waals surface area contributed by atoms with Crippen molar-refractivity contribution >= 4 is 18.0 Å². The molecule has 35 heavy (non-hydrogen) atoms. The summed E-state index contributed by atoms with van der Waals surface area (Å²) in [6.45, 7) is 0.285. The van der Waals surface area contributed by atoms with Crippen LogP contribution in [0.2, 0.25) is 0 Å². The molecule has 2 amide bonds. The van der Waals surface area contributed by atoms with E-state index in [4.69, 9.17) is 4.74 Å². The maximum atomic E-state index is 13.3. The second-order valence-corrected chi connectivity index (χ2v) is 8.77. The Kier molecular flexibility index (Phi) is 6.73. The molecule has 1 aliphatic carbocycles. The predicted molar refractivity (Wildman–Crippen MR) is 120 cm³/mol. The molecule has 1 aliphatic heterocycles. The van der Waals surface area contributed by atoms with Gasteiger partial charge in [0, 0.05) is 19.0 Å². The minimum Gasteiger partial charge on any atom is -0.481 e. The van der Waals surface area contributed by atoms with E-state index in [1.165, 1.54) is 0 Å². The molecule has 0 radical (unpaired) electrons. The summed E-state index contributed by atoms with van der Waals surface area (Å²) in [5.41, 5.74) is 4.14. The summed E-state index contributed by atoms with van der Waals surface area (Å²) in [4.78, 5) is 37.5. The van der Waals surface area contributed by atoms with E-state index < -0.39 is 55.1 Å². The van der Waals surface area contributed by atoms with Crippen molar-refractivity contribution in [1.29, 1.82) is 0 Å². The average molecular weight is 490 g/mol. The fourth-order valence-corrected chi connectivity index (χ4v) is 4.91. The number of benzene rings is 2. The number of carbonyl (C=O) groups excluding carboxylic acids is 2. The topological polar surface area (TPSA) is 95.9 Å². The summed E-state index contributed by atoms with van der Waals surface area (Å²) in [6, 6.07) is 14.4. The minimum atomic E-state index is -4.75. The zero-order valence-electron chi connectivity index (χ0n) is 18.9. The Morgan fingerprint density at radius 1 is 1.06 bits per heavy atom. The van der Waals surface area contributed by atoms with E-state index in [0.29, 0.717) is 0 Å². The zero-order valence-corrected chi connectivity index (χ0v) is 18.9. The Hall–Kier alpha value is -3.56. The van der Waals surface area contributed by atoms with Crippen LogP contribution in [0, 0.1) is 11.8 Å². The Morgan fingerprint density at radius 2 is 1.63 bits per heavy atom. The van der Waals surface area contributed by atoms with Crippen LogP contribution in [0.15, 0.2) is 48.5 Å². The third-order valence-corrected chi connectivity index (χ3v) is 6.71. The molecule has 2 N–H and O–H groups in total. The van der Waals surface area contributed by atoms with Gasteiger partial charge >= 0.3 is 18.2 Å². The molecular weight excluding hydrogens is 465 g/mol. The van der Waals surface area contributed by atoms with E-state index in [1.807, 2.05) is 48.5 Å². The van der Waals surface area contributed by atoms with Crippen LogP contribution in [0.1, 0.15) is 30.4 Å². The summed E-state index contributed by atoms with van der Waals surface area (Å²) < 4.78 is 45.2. The number of hydrogen-bond donors (Lipinski definition) is 2. The summed E-state index contributed by atoms with van der Waals surface area (Å²) in [5, 5.41) is 11.6. The lowest BCUT2D eigenvalue weighted by atomic mass is 9.96. The van der Waals surface area contributed by atoms with Gasteiger partial charge in [0.05, 0.1) is 11.8 Å². The van der Waals surface area contributed by atoms with Gasteiger partial charge in [0.15, 0.2) is 0 Å². The lowest BCUT2D eigenvalue weighted by molar-refractivity contribution is -0.188. The number of carbonyl (C=O) groups is 3. The number of amides is 2. The van der Waals surface area contributed by atoms with Gasteiger partial charge in [-0.05, 0) is 28.7 Å². The molecule has 4 rings (SSSR count). The molecule has 7 nitrogen and oxygen atoms in total. The lowest BCUT2D eigenvalue weighted by Crippen LogP contribution is -2.48. The highest BCUT2D eigenvalue weighted by molar-refractivity contribution is 5.87. The van der Waals surface area contributed by atoms with Gasteiger partial charge in [-0.25, -0.2) is 4.79 Å². The molecule has 2 aromatic rings. The molecule has 0 saturated carbocycles. The SMILES string of the molecule is CC[C@H](NC(=O)OCC1c2ccccc2-c2ccccc21)C(=O)N1CC(C(=O)O)C(C(F)(F)F)C1. The van der Waals surface area contributed by atoms with Crippen molar-refractivity contribution in [3.63, 3.8) is 0 Å². The number of fused-ring (bicyclic) bond motifs is 3. The van der Waals surface area contributed by atoms with Crippen molar-refractivity contribution in [2.75, 3.05) is 19.7 Å². The number of hydrogen-bond acceptors (Lipinski definition) is 4. The van der Waals surface area contributed by atoms with E-state index in [9.17, 15) is 32.7 Å². The van der Waals surface area contributed by atoms with Gasteiger partial charge in [-0.2, -0.15) is 13.2 Å². The molecule has 0 spiro atoms. The van der Waals surface area contributed by atoms with Gasteiger partial charge in [-0.1, -0.05) is 55.5 Å². The number of ether oxygens (including phenoxy) is 1. The van der Waals surface area contributed by atoms with Crippen LogP contribution in [0.5, 0.6) is 0 Å². The Balaban J connectivity index is 1.40. The molecule has 0 aromatic heterocycles. The van der Waals surface area contributed by atoms with E-state index in [0.717, 1.165) is 27.2 Å². The maximum Gasteiger partial charge on any atom is 0.407 e. The molecule has 2 aromatic carbocycles. The monoisotopic (exact) mass is 490 g/mol. The third kappa shape index (κ3) is 4.82. The molecule has 2 unspecified atom stereocenters. The van der Waals surface area contributed by atoms with E-state index >= 15 is 0 Å². The second kappa shape index (κ2) is 9.59. The van der Waals surface area contributed by atoms with E-state index in [1.54, 1.807) is 6.92 Å². The number of halogens is 3. The van der Waals surface area contributed by atoms with Gasteiger partial charge in [-0.3, -0.25) is 9.59 Å². The molecule has 3 atom stereocenters. The summed E-state index contributed by atoms with van der Waals surface area (Å²) >= 11 is 0. The predicted octanol–water partition coefficient (Wildman–Crippen LogP) is 4.03. The number of rotatable bonds is 6. The van der Waals surface area contributed by atoms with Gasteiger partial charge in [-0.15, -0.1) is 0 Å². The number of carboxylic acids is 1. The smallest absolute Gasteiger partial charge is 0.407 e. The first-order valence-electron chi connectivity index (χ1n) is 11.3. The van der Waals surface area contributed by atoms with Crippen molar-refractivity contribution < 1.29 is 37.4 Å². The van der Waals surface area contributed by atoms with E-state index in [-0.39, 0.29) is 18.9 Å². The van der Waals surface area contributed by atoms with Crippen LogP contribution in [0.3, 0.4) is 0 Å². The Labute approximate surface area is 199 Å². The molecule has 10 heteroatoms. The van der Waals surface area contributed by atoms with Crippen LogP contribution < -0.4 is 5.32 Å². The highest BCUT2D eigenvalue weighted by Gasteiger charge is 2.54. The van der Waals surface area contributed by atoms with Gasteiger partial charge in [0.2, 0.25) is 5.91 Å². The van der Waals surface area contributed by atoms with Crippen LogP contribution in [-0.2, 0) is 14.3 Å². The number of alkyl halides is 3. The van der Waals surface area contributed by atoms with Crippen molar-refractivity contribution in [3.8, 4) is 11.1 Å². The number of nitrogens with one attached hydrogen (secondary N) is 1. The minimum absolute atomic E-state index is 0.0193. The highest BCUT2D eigenvalue weighted by atomic mass is 19.4. The van der Waals surface area contributed by atoms with Crippen LogP contribution >= 0.6 is 0 Å². The summed E-state index contributed by atoms with van der Waals surface area (Å²) in [7, 11) is 0. The summed E-state index contributed by atoms with van der Waals surface area (Å²) in [5.74, 6) is -6.47. The molecular formula is C25H25F3N2O5. The van der Waals surface area contributed by atoms with Crippen molar-refractivity contribution in [3.05, 3.63) is 59.7 Å². The number of carboxylic acid groups (broad SMARTS) is 1. The number of nitrogens with zero attached hydrogens (tertiary/aromatic N) is 1. The van der Waals surface area contributed by atoms with Crippen molar-refractivity contribution in [2.45, 2.75) is 31.5 Å². The van der Waals surface area contributed by atoms with Crippen LogP contribution in [0.25, 0.3) is 11.1 Å². The first-order chi connectivity index (χ1) is 16.6. The van der Waals surface area contributed by atoms with Gasteiger partial charge < -0.3 is 20.1 Å². The second-order valence-electron chi connectivity index (χ2n) is 8.77. The highest BCUT2D eigenvalue weighted by Crippen LogP contribution is 2.44. The Morgan fingerprint density at radius 3 is 2.11 bits per heavy atom. The Bertz CT molecular complexity index is 1090. The number of alkyl carbamates (subject to hydrolysis) is 1. The first kappa shape index (κ1) is 24.6. The number of aliphatic carboxylic acids is 1. The normalized spacial score (nSPS) is 20.2. The molecule has 1 heterocycles. The summed E-state index contributed by atoms with van der Waals surface area (Å²) in [6.07, 6.45) is -5.51. The molecule has 186 valence electrons. The van der Waals surface area contributed by atoms with Crippen LogP contribution in [0.4, 0.5) is 18.0 Å². The first-order valence-corrected chi connectivity index (χ1v) is 11.3. The average Bonchev–Trinajstić information content (AvgIpc) is 3.42. The maximum absolute atomic E-state index is 13.3. The fourth-order valence-electron chi connectivity index (χ4n) is 4.91. The molecule has 1 saturated heterocycles. The molecule has 0 bridgehead atoms. The van der Waals surface area contributed by atoms with Gasteiger partial charge in [0.1, 0.15) is 12.6 Å². The quantitative estimate of drug-likeness (QED) is 0.638. The third-order valence-electron chi connectivity index (χ3n) is 6.71. The zero-order chi connectivity index (χ0) is 25.3. The number of likely N-dealkylation sites (tertiary alicyclic amines) is 1. The van der Waals surface area contributed by atoms with Gasteiger partial charge in [0.25, 0.3) is 0 Å². The fraction of sp³-hybridized carbons (Fsp3) is 0.400. The van der Waals surface area contributed by atoms with Crippen molar-refractivity contribution in [2.24, 2.45) is 11.8 Å². The largest absolute Gasteiger partial charge is 0.481 e.